The zero-order chi connectivity index (χ0) is 27.0. The van der Waals surface area contributed by atoms with Crippen LogP contribution >= 0.6 is 24.4 Å². The van der Waals surface area contributed by atoms with E-state index in [2.05, 4.69) is 33.9 Å². The van der Waals surface area contributed by atoms with Crippen molar-refractivity contribution in [2.75, 3.05) is 11.5 Å². The summed E-state index contributed by atoms with van der Waals surface area (Å²) in [6.07, 6.45) is 2.89. The number of thiol groups is 1. The van der Waals surface area contributed by atoms with Crippen LogP contribution in [0.1, 0.15) is 47.5 Å². The summed E-state index contributed by atoms with van der Waals surface area (Å²) in [6.45, 7) is 8.90. The number of hydrogen-bond acceptors (Lipinski definition) is 8. The van der Waals surface area contributed by atoms with Crippen LogP contribution in [0.2, 0.25) is 0 Å². The Morgan fingerprint density at radius 2 is 1.61 bits per heavy atom. The number of carbonyl (C=O) groups excluding carboxylic acids is 5. The van der Waals surface area contributed by atoms with Crippen molar-refractivity contribution in [3.05, 3.63) is 12.2 Å². The summed E-state index contributed by atoms with van der Waals surface area (Å²) < 4.78 is 5.65. The van der Waals surface area contributed by atoms with Gasteiger partial charge in [0.15, 0.2) is 0 Å². The number of allylic oxidation sites excluding steroid dienone is 1. The Labute approximate surface area is 222 Å². The van der Waals surface area contributed by atoms with Crippen LogP contribution in [0.5, 0.6) is 0 Å². The molecule has 2 rings (SSSR count). The van der Waals surface area contributed by atoms with Crippen LogP contribution in [0.25, 0.3) is 0 Å². The van der Waals surface area contributed by atoms with Gasteiger partial charge in [0, 0.05) is 11.0 Å². The Kier molecular flexibility index (Phi) is 11.6. The average Bonchev–Trinajstić information content (AvgIpc) is 2.93. The van der Waals surface area contributed by atoms with Crippen molar-refractivity contribution in [1.82, 2.24) is 21.3 Å². The van der Waals surface area contributed by atoms with Crippen LogP contribution in [0.4, 0.5) is 0 Å². The number of thioether (sulfide) groups is 1. The molecule has 0 spiro atoms. The molecule has 6 atom stereocenters. The first-order chi connectivity index (χ1) is 16.9. The van der Waals surface area contributed by atoms with Crippen LogP contribution in [-0.4, -0.2) is 76.6 Å². The van der Waals surface area contributed by atoms with Gasteiger partial charge in [0.1, 0.15) is 30.3 Å². The minimum atomic E-state index is -0.981. The third kappa shape index (κ3) is 8.43. The number of fused-ring (bicyclic) bond motifs is 3. The standard InChI is InChI=1S/C24H38N4O6S2/c1-12(2)18-22(31)25-16-11-36-14(5)20(28-21(16)30)23(32)27-19(13(3)4)24(33)34-15(8-6-7-9-35)10-17(29)26-18/h6,8,12-16,18-20,35H,7,9-11H2,1-5H3,(H,25,31)(H,26,29)(H,27,32)(H,28,30)/t14?,15-,16+,18+,19-,20?/m0/s1. The monoisotopic (exact) mass is 542 g/mol. The summed E-state index contributed by atoms with van der Waals surface area (Å²) in [4.78, 5) is 65.1. The number of rotatable bonds is 5. The summed E-state index contributed by atoms with van der Waals surface area (Å²) in [5.41, 5.74) is 0. The highest BCUT2D eigenvalue weighted by atomic mass is 32.2. The maximum absolute atomic E-state index is 13.2. The highest BCUT2D eigenvalue weighted by molar-refractivity contribution is 8.00. The van der Waals surface area contributed by atoms with Crippen LogP contribution in [0.15, 0.2) is 12.2 Å². The minimum Gasteiger partial charge on any atom is -0.456 e. The number of nitrogens with one attached hydrogen (secondary N) is 4. The Bertz CT molecular complexity index is 866. The van der Waals surface area contributed by atoms with Crippen LogP contribution in [0.3, 0.4) is 0 Å². The van der Waals surface area contributed by atoms with Gasteiger partial charge in [-0.05, 0) is 30.1 Å². The average molecular weight is 543 g/mol. The molecule has 36 heavy (non-hydrogen) atoms. The number of hydrogen-bond donors (Lipinski definition) is 5. The van der Waals surface area contributed by atoms with Gasteiger partial charge in [-0.25, -0.2) is 4.79 Å². The lowest BCUT2D eigenvalue weighted by Gasteiger charge is -2.28. The molecule has 2 saturated heterocycles. The normalized spacial score (nSPS) is 31.1. The highest BCUT2D eigenvalue weighted by Gasteiger charge is 2.39. The predicted octanol–water partition coefficient (Wildman–Crippen LogP) is 0.565. The molecule has 4 amide bonds. The first kappa shape index (κ1) is 30.0. The maximum Gasteiger partial charge on any atom is 0.329 e. The summed E-state index contributed by atoms with van der Waals surface area (Å²) in [6, 6.07) is -3.66. The molecule has 0 aromatic carbocycles. The first-order valence-corrected chi connectivity index (χ1v) is 13.9. The van der Waals surface area contributed by atoms with E-state index >= 15 is 0 Å². The number of ether oxygens (including phenoxy) is 1. The van der Waals surface area contributed by atoms with Crippen molar-refractivity contribution < 1.29 is 28.7 Å². The Morgan fingerprint density at radius 1 is 0.944 bits per heavy atom. The highest BCUT2D eigenvalue weighted by Crippen LogP contribution is 2.21. The summed E-state index contributed by atoms with van der Waals surface area (Å²) in [7, 11) is 0. The molecule has 2 aliphatic heterocycles. The molecule has 0 aromatic heterocycles. The third-order valence-corrected chi connectivity index (χ3v) is 7.57. The largest absolute Gasteiger partial charge is 0.456 e. The second kappa shape index (κ2) is 13.9. The molecule has 12 heteroatoms. The molecule has 2 heterocycles. The van der Waals surface area contributed by atoms with Crippen molar-refractivity contribution in [2.24, 2.45) is 11.8 Å². The Hall–Kier alpha value is -2.21. The molecule has 0 saturated carbocycles. The zero-order valence-corrected chi connectivity index (χ0v) is 23.1. The van der Waals surface area contributed by atoms with Gasteiger partial charge in [-0.2, -0.15) is 24.4 Å². The van der Waals surface area contributed by atoms with E-state index in [1.807, 2.05) is 0 Å². The van der Waals surface area contributed by atoms with Crippen molar-refractivity contribution in [1.29, 1.82) is 0 Å². The molecule has 0 aromatic rings. The summed E-state index contributed by atoms with van der Waals surface area (Å²) in [5, 5.41) is 10.6. The molecule has 2 bridgehead atoms. The molecule has 2 aliphatic rings. The third-order valence-electron chi connectivity index (χ3n) is 5.99. The molecular weight excluding hydrogens is 504 g/mol. The van der Waals surface area contributed by atoms with Gasteiger partial charge in [-0.3, -0.25) is 19.2 Å². The van der Waals surface area contributed by atoms with Crippen molar-refractivity contribution >= 4 is 54.0 Å². The fourth-order valence-corrected chi connectivity index (χ4v) is 5.09. The number of amides is 4. The smallest absolute Gasteiger partial charge is 0.329 e. The van der Waals surface area contributed by atoms with Gasteiger partial charge in [0.05, 0.1) is 6.42 Å². The maximum atomic E-state index is 13.2. The van der Waals surface area contributed by atoms with Crippen molar-refractivity contribution in [2.45, 2.75) is 83.0 Å². The Morgan fingerprint density at radius 3 is 2.22 bits per heavy atom. The lowest BCUT2D eigenvalue weighted by atomic mass is 10.0. The topological polar surface area (TPSA) is 143 Å². The minimum absolute atomic E-state index is 0.205. The molecule has 202 valence electrons. The summed E-state index contributed by atoms with van der Waals surface area (Å²) >= 11 is 5.53. The second-order valence-corrected chi connectivity index (χ2v) is 11.6. The molecule has 0 radical (unpaired) electrons. The van der Waals surface area contributed by atoms with Crippen molar-refractivity contribution in [3.63, 3.8) is 0 Å². The Balaban J connectivity index is 2.44. The summed E-state index contributed by atoms with van der Waals surface area (Å²) in [5.74, 6) is -2.42. The van der Waals surface area contributed by atoms with E-state index in [0.29, 0.717) is 12.2 Å². The van der Waals surface area contributed by atoms with Gasteiger partial charge in [-0.1, -0.05) is 40.7 Å². The second-order valence-electron chi connectivity index (χ2n) is 9.73. The fourth-order valence-electron chi connectivity index (χ4n) is 3.82. The molecule has 2 fully saturated rings. The zero-order valence-electron chi connectivity index (χ0n) is 21.4. The fraction of sp³-hybridized carbons (Fsp3) is 0.708. The van der Waals surface area contributed by atoms with Crippen LogP contribution < -0.4 is 21.3 Å². The number of carbonyl (C=O) groups is 5. The van der Waals surface area contributed by atoms with Crippen molar-refractivity contribution in [3.8, 4) is 0 Å². The van der Waals surface area contributed by atoms with Crippen LogP contribution in [0, 0.1) is 11.8 Å². The molecule has 0 aliphatic carbocycles. The predicted molar refractivity (Wildman–Crippen MR) is 141 cm³/mol. The van der Waals surface area contributed by atoms with E-state index in [1.54, 1.807) is 46.8 Å². The number of esters is 1. The van der Waals surface area contributed by atoms with Gasteiger partial charge < -0.3 is 26.0 Å². The quantitative estimate of drug-likeness (QED) is 0.194. The van der Waals surface area contributed by atoms with Gasteiger partial charge >= 0.3 is 5.97 Å². The number of cyclic esters (lactones) is 1. The van der Waals surface area contributed by atoms with E-state index in [4.69, 9.17) is 4.74 Å². The first-order valence-electron chi connectivity index (χ1n) is 12.2. The SMILES string of the molecule is CC1SC[C@H]2NC(=O)[C@@H](C(C)C)NC(=O)C[C@H](C=CCCS)OC(=O)[C@H](C(C)C)NC(=O)C1NC2=O. The van der Waals surface area contributed by atoms with E-state index in [-0.39, 0.29) is 29.3 Å². The lowest BCUT2D eigenvalue weighted by molar-refractivity contribution is -0.153. The van der Waals surface area contributed by atoms with E-state index in [1.165, 1.54) is 11.8 Å². The van der Waals surface area contributed by atoms with E-state index in [9.17, 15) is 24.0 Å². The van der Waals surface area contributed by atoms with E-state index < -0.39 is 59.9 Å². The molecule has 4 N–H and O–H groups in total. The van der Waals surface area contributed by atoms with E-state index in [0.717, 1.165) is 0 Å². The molecule has 2 unspecified atom stereocenters. The van der Waals surface area contributed by atoms with Gasteiger partial charge in [0.2, 0.25) is 23.6 Å². The molecular formula is C24H38N4O6S2. The lowest BCUT2D eigenvalue weighted by Crippen LogP contribution is -2.59. The van der Waals surface area contributed by atoms with Gasteiger partial charge in [0.25, 0.3) is 0 Å². The molecule has 10 nitrogen and oxygen atoms in total. The van der Waals surface area contributed by atoms with Crippen LogP contribution in [-0.2, 0) is 28.7 Å². The van der Waals surface area contributed by atoms with Gasteiger partial charge in [-0.15, -0.1) is 0 Å².